The lowest BCUT2D eigenvalue weighted by molar-refractivity contribution is -0.146. The number of aromatic nitrogens is 1. The zero-order chi connectivity index (χ0) is 16.4. The maximum absolute atomic E-state index is 12.7. The van der Waals surface area contributed by atoms with Crippen molar-refractivity contribution in [3.8, 4) is 9.88 Å². The minimum Gasteiger partial charge on any atom is -0.469 e. The Morgan fingerprint density at radius 2 is 2.09 bits per heavy atom. The summed E-state index contributed by atoms with van der Waals surface area (Å²) in [6.45, 7) is 3.05. The van der Waals surface area contributed by atoms with Crippen molar-refractivity contribution in [1.29, 1.82) is 0 Å². The number of aryl methyl sites for hydroxylation is 1. The van der Waals surface area contributed by atoms with Gasteiger partial charge in [0.1, 0.15) is 9.88 Å². The predicted octanol–water partition coefficient (Wildman–Crippen LogP) is 3.21. The Labute approximate surface area is 142 Å². The molecule has 7 heteroatoms. The van der Waals surface area contributed by atoms with Crippen molar-refractivity contribution >= 4 is 34.6 Å². The molecule has 0 N–H and O–H groups in total. The third-order valence-corrected chi connectivity index (χ3v) is 6.22. The fourth-order valence-corrected chi connectivity index (χ4v) is 4.56. The normalized spacial score (nSPS) is 15.7. The molecule has 0 aliphatic carbocycles. The third-order valence-electron chi connectivity index (χ3n) is 4.04. The van der Waals surface area contributed by atoms with Crippen LogP contribution >= 0.6 is 22.7 Å². The molecule has 122 valence electrons. The van der Waals surface area contributed by atoms with E-state index in [-0.39, 0.29) is 17.8 Å². The Morgan fingerprint density at radius 3 is 2.70 bits per heavy atom. The van der Waals surface area contributed by atoms with Crippen molar-refractivity contribution < 1.29 is 14.3 Å². The molecule has 0 unspecified atom stereocenters. The molecular formula is C16H18N2O3S2. The van der Waals surface area contributed by atoms with Crippen LogP contribution in [-0.2, 0) is 9.53 Å². The van der Waals surface area contributed by atoms with Crippen LogP contribution < -0.4 is 0 Å². The van der Waals surface area contributed by atoms with E-state index in [1.54, 1.807) is 11.3 Å². The summed E-state index contributed by atoms with van der Waals surface area (Å²) >= 11 is 3.07. The zero-order valence-corrected chi connectivity index (χ0v) is 14.7. The van der Waals surface area contributed by atoms with Gasteiger partial charge in [0.2, 0.25) is 0 Å². The van der Waals surface area contributed by atoms with E-state index in [9.17, 15) is 9.59 Å². The maximum atomic E-state index is 12.7. The van der Waals surface area contributed by atoms with E-state index in [0.717, 1.165) is 15.6 Å². The van der Waals surface area contributed by atoms with E-state index in [1.165, 1.54) is 18.4 Å². The number of amides is 1. The van der Waals surface area contributed by atoms with Gasteiger partial charge in [0.05, 0.1) is 23.6 Å². The molecule has 1 saturated heterocycles. The number of thiophene rings is 1. The summed E-state index contributed by atoms with van der Waals surface area (Å²) in [7, 11) is 1.41. The van der Waals surface area contributed by atoms with Gasteiger partial charge < -0.3 is 9.64 Å². The topological polar surface area (TPSA) is 59.5 Å². The van der Waals surface area contributed by atoms with Gasteiger partial charge in [-0.3, -0.25) is 9.59 Å². The molecule has 1 fully saturated rings. The molecule has 1 amide bonds. The van der Waals surface area contributed by atoms with Gasteiger partial charge in [0, 0.05) is 13.1 Å². The van der Waals surface area contributed by atoms with Gasteiger partial charge in [-0.25, -0.2) is 4.98 Å². The standard InChI is InChI=1S/C16H18N2O3S2/c1-10-13(23-14(17-10)12-4-3-9-22-12)15(19)18-7-5-11(6-8-18)16(20)21-2/h3-4,9,11H,5-8H2,1-2H3. The summed E-state index contributed by atoms with van der Waals surface area (Å²) in [6.07, 6.45) is 1.32. The Balaban J connectivity index is 1.71. The molecule has 0 bridgehead atoms. The van der Waals surface area contributed by atoms with Crippen LogP contribution in [0.4, 0.5) is 0 Å². The lowest BCUT2D eigenvalue weighted by Gasteiger charge is -2.30. The predicted molar refractivity (Wildman–Crippen MR) is 90.8 cm³/mol. The average Bonchev–Trinajstić information content (AvgIpc) is 3.23. The number of hydrogen-bond donors (Lipinski definition) is 0. The van der Waals surface area contributed by atoms with Crippen molar-refractivity contribution in [3.63, 3.8) is 0 Å². The quantitative estimate of drug-likeness (QED) is 0.798. The number of carbonyl (C=O) groups excluding carboxylic acids is 2. The second kappa shape index (κ2) is 6.80. The molecule has 23 heavy (non-hydrogen) atoms. The fraction of sp³-hybridized carbons (Fsp3) is 0.438. The summed E-state index contributed by atoms with van der Waals surface area (Å²) in [5, 5.41) is 2.90. The van der Waals surface area contributed by atoms with Crippen molar-refractivity contribution in [2.75, 3.05) is 20.2 Å². The fourth-order valence-electron chi connectivity index (χ4n) is 2.73. The van der Waals surface area contributed by atoms with Crippen LogP contribution in [0.25, 0.3) is 9.88 Å². The number of thiazole rings is 1. The summed E-state index contributed by atoms with van der Waals surface area (Å²) in [5.74, 6) is -0.245. The minimum absolute atomic E-state index is 0.0196. The number of nitrogens with zero attached hydrogens (tertiary/aromatic N) is 2. The molecule has 0 spiro atoms. The molecular weight excluding hydrogens is 332 g/mol. The number of piperidine rings is 1. The van der Waals surface area contributed by atoms with Crippen molar-refractivity contribution in [2.24, 2.45) is 5.92 Å². The number of rotatable bonds is 3. The second-order valence-electron chi connectivity index (χ2n) is 5.50. The highest BCUT2D eigenvalue weighted by atomic mass is 32.1. The van der Waals surface area contributed by atoms with E-state index in [2.05, 4.69) is 4.98 Å². The molecule has 2 aromatic heterocycles. The van der Waals surface area contributed by atoms with Gasteiger partial charge in [0.15, 0.2) is 0 Å². The summed E-state index contributed by atoms with van der Waals surface area (Å²) in [5.41, 5.74) is 0.776. The maximum Gasteiger partial charge on any atom is 0.308 e. The SMILES string of the molecule is COC(=O)C1CCN(C(=O)c2sc(-c3cccs3)nc2C)CC1. The van der Waals surface area contributed by atoms with Gasteiger partial charge >= 0.3 is 5.97 Å². The summed E-state index contributed by atoms with van der Waals surface area (Å²) < 4.78 is 4.78. The largest absolute Gasteiger partial charge is 0.469 e. The third kappa shape index (κ3) is 3.30. The molecule has 3 heterocycles. The van der Waals surface area contributed by atoms with Gasteiger partial charge in [-0.2, -0.15) is 0 Å². The van der Waals surface area contributed by atoms with Crippen LogP contribution in [-0.4, -0.2) is 42.0 Å². The second-order valence-corrected chi connectivity index (χ2v) is 7.45. The Morgan fingerprint density at radius 1 is 1.35 bits per heavy atom. The molecule has 5 nitrogen and oxygen atoms in total. The summed E-state index contributed by atoms with van der Waals surface area (Å²) in [4.78, 5) is 32.4. The van der Waals surface area contributed by atoms with Gasteiger partial charge in [-0.15, -0.1) is 22.7 Å². The smallest absolute Gasteiger partial charge is 0.308 e. The first-order valence-electron chi connectivity index (χ1n) is 7.48. The molecule has 1 aliphatic rings. The Kier molecular flexibility index (Phi) is 4.77. The van der Waals surface area contributed by atoms with Crippen molar-refractivity contribution in [2.45, 2.75) is 19.8 Å². The van der Waals surface area contributed by atoms with Crippen LogP contribution in [0.5, 0.6) is 0 Å². The molecule has 2 aromatic rings. The number of esters is 1. The highest BCUT2D eigenvalue weighted by Crippen LogP contribution is 2.32. The highest BCUT2D eigenvalue weighted by molar-refractivity contribution is 7.22. The number of methoxy groups -OCH3 is 1. The molecule has 0 saturated carbocycles. The van der Waals surface area contributed by atoms with Crippen LogP contribution in [0.2, 0.25) is 0 Å². The Hall–Kier alpha value is -1.73. The van der Waals surface area contributed by atoms with Crippen LogP contribution in [0.3, 0.4) is 0 Å². The highest BCUT2D eigenvalue weighted by Gasteiger charge is 2.30. The van der Waals surface area contributed by atoms with Crippen LogP contribution in [0.1, 0.15) is 28.2 Å². The first kappa shape index (κ1) is 16.1. The number of carbonyl (C=O) groups is 2. The van der Waals surface area contributed by atoms with Crippen molar-refractivity contribution in [1.82, 2.24) is 9.88 Å². The van der Waals surface area contributed by atoms with Crippen molar-refractivity contribution in [3.05, 3.63) is 28.1 Å². The van der Waals surface area contributed by atoms with E-state index in [0.29, 0.717) is 30.8 Å². The van der Waals surface area contributed by atoms with Gasteiger partial charge in [-0.05, 0) is 31.2 Å². The monoisotopic (exact) mass is 350 g/mol. The van der Waals surface area contributed by atoms with Gasteiger partial charge in [0.25, 0.3) is 5.91 Å². The summed E-state index contributed by atoms with van der Waals surface area (Å²) in [6, 6.07) is 3.99. The average molecular weight is 350 g/mol. The lowest BCUT2D eigenvalue weighted by Crippen LogP contribution is -2.40. The molecule has 0 radical (unpaired) electrons. The van der Waals surface area contributed by atoms with Crippen LogP contribution in [0.15, 0.2) is 17.5 Å². The number of likely N-dealkylation sites (tertiary alicyclic amines) is 1. The van der Waals surface area contributed by atoms with E-state index in [4.69, 9.17) is 4.74 Å². The molecule has 0 atom stereocenters. The van der Waals surface area contributed by atoms with E-state index in [1.807, 2.05) is 29.3 Å². The molecule has 1 aliphatic heterocycles. The van der Waals surface area contributed by atoms with E-state index < -0.39 is 0 Å². The van der Waals surface area contributed by atoms with Crippen LogP contribution in [0, 0.1) is 12.8 Å². The minimum atomic E-state index is -0.175. The molecule has 0 aromatic carbocycles. The first-order valence-corrected chi connectivity index (χ1v) is 9.18. The lowest BCUT2D eigenvalue weighted by atomic mass is 9.97. The number of hydrogen-bond acceptors (Lipinski definition) is 6. The zero-order valence-electron chi connectivity index (χ0n) is 13.1. The number of ether oxygens (including phenoxy) is 1. The first-order chi connectivity index (χ1) is 11.1. The van der Waals surface area contributed by atoms with E-state index >= 15 is 0 Å². The van der Waals surface area contributed by atoms with Gasteiger partial charge in [-0.1, -0.05) is 6.07 Å². The molecule has 3 rings (SSSR count). The Bertz CT molecular complexity index is 701.